The smallest absolute Gasteiger partial charge is 0.307 e. The van der Waals surface area contributed by atoms with Gasteiger partial charge in [0.05, 0.1) is 12.5 Å². The molecule has 1 amide bonds. The van der Waals surface area contributed by atoms with Gasteiger partial charge in [-0.05, 0) is 14.0 Å². The van der Waals surface area contributed by atoms with E-state index in [4.69, 9.17) is 5.11 Å². The largest absolute Gasteiger partial charge is 0.481 e. The fourth-order valence-corrected chi connectivity index (χ4v) is 1.14. The molecule has 5 nitrogen and oxygen atoms in total. The van der Waals surface area contributed by atoms with Crippen molar-refractivity contribution < 1.29 is 14.7 Å². The molecular weight excluding hydrogens is 196 g/mol. The van der Waals surface area contributed by atoms with Gasteiger partial charge in [0.2, 0.25) is 5.91 Å². The fourth-order valence-electron chi connectivity index (χ4n) is 1.14. The summed E-state index contributed by atoms with van der Waals surface area (Å²) >= 11 is 0. The normalized spacial score (nSPS) is 12.6. The minimum atomic E-state index is -0.835. The minimum Gasteiger partial charge on any atom is -0.481 e. The van der Waals surface area contributed by atoms with E-state index in [2.05, 4.69) is 0 Å². The molecular formula is C10H20N2O3. The van der Waals surface area contributed by atoms with Crippen LogP contribution in [0.4, 0.5) is 0 Å². The maximum absolute atomic E-state index is 11.5. The number of carbonyl (C=O) groups excluding carboxylic acids is 1. The summed E-state index contributed by atoms with van der Waals surface area (Å²) in [6.07, 6.45) is 0. The number of nitrogens with zero attached hydrogens (tertiary/aromatic N) is 2. The first kappa shape index (κ1) is 13.9. The van der Waals surface area contributed by atoms with E-state index >= 15 is 0 Å². The van der Waals surface area contributed by atoms with Gasteiger partial charge in [-0.1, -0.05) is 6.92 Å². The van der Waals surface area contributed by atoms with Crippen LogP contribution in [0, 0.1) is 5.92 Å². The maximum atomic E-state index is 11.5. The molecule has 0 aromatic heterocycles. The Morgan fingerprint density at radius 3 is 2.27 bits per heavy atom. The zero-order valence-electron chi connectivity index (χ0n) is 9.86. The van der Waals surface area contributed by atoms with Crippen LogP contribution in [0.15, 0.2) is 0 Å². The number of hydrogen-bond acceptors (Lipinski definition) is 3. The Balaban J connectivity index is 3.98. The first-order valence-electron chi connectivity index (χ1n) is 5.03. The zero-order valence-corrected chi connectivity index (χ0v) is 9.86. The number of carboxylic acid groups (broad SMARTS) is 1. The Labute approximate surface area is 90.7 Å². The Morgan fingerprint density at radius 1 is 1.33 bits per heavy atom. The van der Waals surface area contributed by atoms with Gasteiger partial charge in [-0.15, -0.1) is 0 Å². The van der Waals surface area contributed by atoms with Crippen LogP contribution in [-0.4, -0.2) is 60.5 Å². The summed E-state index contributed by atoms with van der Waals surface area (Å²) in [6.45, 7) is 4.85. The van der Waals surface area contributed by atoms with Crippen molar-refractivity contribution in [2.45, 2.75) is 13.8 Å². The molecule has 1 atom stereocenters. The minimum absolute atomic E-state index is 0.0117. The average molecular weight is 216 g/mol. The van der Waals surface area contributed by atoms with Crippen LogP contribution in [0.25, 0.3) is 0 Å². The van der Waals surface area contributed by atoms with Crippen molar-refractivity contribution in [3.05, 3.63) is 0 Å². The number of hydrogen-bond donors (Lipinski definition) is 1. The topological polar surface area (TPSA) is 60.9 Å². The van der Waals surface area contributed by atoms with E-state index in [0.29, 0.717) is 13.1 Å². The number of carboxylic acids is 1. The lowest BCUT2D eigenvalue weighted by atomic mass is 10.2. The Morgan fingerprint density at radius 2 is 1.87 bits per heavy atom. The molecule has 0 bridgehead atoms. The van der Waals surface area contributed by atoms with E-state index in [0.717, 1.165) is 0 Å². The van der Waals surface area contributed by atoms with Crippen LogP contribution >= 0.6 is 0 Å². The third-order valence-electron chi connectivity index (χ3n) is 2.31. The molecule has 88 valence electrons. The lowest BCUT2D eigenvalue weighted by molar-refractivity contribution is -0.142. The molecule has 0 rings (SSSR count). The van der Waals surface area contributed by atoms with Crippen molar-refractivity contribution in [2.75, 3.05) is 33.7 Å². The molecule has 0 saturated carbocycles. The summed E-state index contributed by atoms with van der Waals surface area (Å²) in [5.74, 6) is -1.27. The van der Waals surface area contributed by atoms with E-state index in [1.807, 2.05) is 6.92 Å². The van der Waals surface area contributed by atoms with Crippen LogP contribution in [0.5, 0.6) is 0 Å². The third kappa shape index (κ3) is 5.37. The van der Waals surface area contributed by atoms with Gasteiger partial charge in [-0.3, -0.25) is 14.5 Å². The van der Waals surface area contributed by atoms with E-state index in [-0.39, 0.29) is 12.5 Å². The second-order valence-corrected chi connectivity index (χ2v) is 3.84. The summed E-state index contributed by atoms with van der Waals surface area (Å²) < 4.78 is 0. The van der Waals surface area contributed by atoms with Crippen molar-refractivity contribution in [1.29, 1.82) is 0 Å². The maximum Gasteiger partial charge on any atom is 0.307 e. The van der Waals surface area contributed by atoms with Gasteiger partial charge in [0, 0.05) is 20.1 Å². The van der Waals surface area contributed by atoms with E-state index < -0.39 is 11.9 Å². The highest BCUT2D eigenvalue weighted by atomic mass is 16.4. The van der Waals surface area contributed by atoms with Crippen molar-refractivity contribution in [1.82, 2.24) is 9.80 Å². The Hall–Kier alpha value is -1.10. The standard InChI is InChI=1S/C10H20N2O3/c1-5-12(4)9(13)7-11(3)6-8(2)10(14)15/h8H,5-7H2,1-4H3,(H,14,15). The molecule has 0 heterocycles. The number of likely N-dealkylation sites (N-methyl/N-ethyl adjacent to an activating group) is 2. The van der Waals surface area contributed by atoms with Crippen molar-refractivity contribution >= 4 is 11.9 Å². The molecule has 15 heavy (non-hydrogen) atoms. The Bertz CT molecular complexity index is 231. The molecule has 0 radical (unpaired) electrons. The van der Waals surface area contributed by atoms with E-state index in [1.165, 1.54) is 0 Å². The predicted molar refractivity (Wildman–Crippen MR) is 57.6 cm³/mol. The predicted octanol–water partition coefficient (Wildman–Crippen LogP) is 0.117. The molecule has 0 aromatic rings. The second kappa shape index (κ2) is 6.40. The first-order valence-corrected chi connectivity index (χ1v) is 5.03. The summed E-state index contributed by atoms with van der Waals surface area (Å²) in [6, 6.07) is 0. The van der Waals surface area contributed by atoms with Gasteiger partial charge in [-0.25, -0.2) is 0 Å². The highest BCUT2D eigenvalue weighted by molar-refractivity contribution is 5.78. The molecule has 1 unspecified atom stereocenters. The van der Waals surface area contributed by atoms with Gasteiger partial charge in [0.25, 0.3) is 0 Å². The monoisotopic (exact) mass is 216 g/mol. The number of rotatable bonds is 6. The average Bonchev–Trinajstić information content (AvgIpc) is 2.15. The molecule has 1 N–H and O–H groups in total. The molecule has 0 aliphatic rings. The molecule has 0 aromatic carbocycles. The Kier molecular flexibility index (Phi) is 5.93. The highest BCUT2D eigenvalue weighted by Gasteiger charge is 2.16. The van der Waals surface area contributed by atoms with E-state index in [9.17, 15) is 9.59 Å². The second-order valence-electron chi connectivity index (χ2n) is 3.84. The quantitative estimate of drug-likeness (QED) is 0.685. The van der Waals surface area contributed by atoms with Crippen LogP contribution < -0.4 is 0 Å². The molecule has 0 spiro atoms. The van der Waals surface area contributed by atoms with Crippen LogP contribution in [-0.2, 0) is 9.59 Å². The molecule has 0 aliphatic carbocycles. The van der Waals surface area contributed by atoms with Crippen LogP contribution in [0.1, 0.15) is 13.8 Å². The lowest BCUT2D eigenvalue weighted by Gasteiger charge is -2.21. The van der Waals surface area contributed by atoms with Gasteiger partial charge < -0.3 is 10.0 Å². The van der Waals surface area contributed by atoms with Crippen molar-refractivity contribution in [2.24, 2.45) is 5.92 Å². The fraction of sp³-hybridized carbons (Fsp3) is 0.800. The van der Waals surface area contributed by atoms with Crippen molar-refractivity contribution in [3.8, 4) is 0 Å². The zero-order chi connectivity index (χ0) is 12.0. The van der Waals surface area contributed by atoms with Gasteiger partial charge in [0.15, 0.2) is 0 Å². The van der Waals surface area contributed by atoms with Gasteiger partial charge >= 0.3 is 5.97 Å². The SMILES string of the molecule is CCN(C)C(=O)CN(C)CC(C)C(=O)O. The molecule has 0 aliphatic heterocycles. The van der Waals surface area contributed by atoms with E-state index in [1.54, 1.807) is 30.8 Å². The summed E-state index contributed by atoms with van der Waals surface area (Å²) in [7, 11) is 3.48. The molecule has 0 fully saturated rings. The van der Waals surface area contributed by atoms with Crippen LogP contribution in [0.2, 0.25) is 0 Å². The lowest BCUT2D eigenvalue weighted by Crippen LogP contribution is -2.39. The highest BCUT2D eigenvalue weighted by Crippen LogP contribution is 1.98. The number of amides is 1. The summed E-state index contributed by atoms with van der Waals surface area (Å²) in [5, 5.41) is 8.70. The van der Waals surface area contributed by atoms with Crippen molar-refractivity contribution in [3.63, 3.8) is 0 Å². The summed E-state index contributed by atoms with van der Waals surface area (Å²) in [5.41, 5.74) is 0. The first-order chi connectivity index (χ1) is 6.88. The van der Waals surface area contributed by atoms with Crippen LogP contribution in [0.3, 0.4) is 0 Å². The molecule has 5 heteroatoms. The summed E-state index contributed by atoms with van der Waals surface area (Å²) in [4.78, 5) is 25.4. The number of aliphatic carboxylic acids is 1. The molecule has 0 saturated heterocycles. The van der Waals surface area contributed by atoms with Gasteiger partial charge in [0.1, 0.15) is 0 Å². The van der Waals surface area contributed by atoms with Gasteiger partial charge in [-0.2, -0.15) is 0 Å². The number of carbonyl (C=O) groups is 2. The third-order valence-corrected chi connectivity index (χ3v) is 2.31.